The Labute approximate surface area is 116 Å². The molecule has 8 heteroatoms. The van der Waals surface area contributed by atoms with Gasteiger partial charge in [-0.05, 0) is 18.2 Å². The molecule has 1 aromatic rings. The van der Waals surface area contributed by atoms with E-state index in [1.54, 1.807) is 0 Å². The lowest BCUT2D eigenvalue weighted by atomic mass is 10.2. The van der Waals surface area contributed by atoms with Crippen LogP contribution in [-0.2, 0) is 10.0 Å². The van der Waals surface area contributed by atoms with Crippen LogP contribution < -0.4 is 10.0 Å². The SMILES string of the molecule is CS(=O)(=O)NCCNC(=O)c1cc(Cl)cc(Cl)c1. The molecule has 0 radical (unpaired) electrons. The number of hydrogen-bond donors (Lipinski definition) is 2. The van der Waals surface area contributed by atoms with Gasteiger partial charge in [0, 0.05) is 28.7 Å². The predicted octanol–water partition coefficient (Wildman–Crippen LogP) is 1.27. The Bertz CT molecular complexity index is 526. The molecule has 0 atom stereocenters. The van der Waals surface area contributed by atoms with Crippen molar-refractivity contribution in [2.75, 3.05) is 19.3 Å². The van der Waals surface area contributed by atoms with Crippen LogP contribution in [0, 0.1) is 0 Å². The number of sulfonamides is 1. The highest BCUT2D eigenvalue weighted by Gasteiger charge is 2.07. The Balaban J connectivity index is 2.51. The van der Waals surface area contributed by atoms with E-state index in [0.29, 0.717) is 15.6 Å². The average Bonchev–Trinajstić information content (AvgIpc) is 2.21. The molecule has 0 heterocycles. The lowest BCUT2D eigenvalue weighted by Gasteiger charge is -2.06. The van der Waals surface area contributed by atoms with Crippen LogP contribution in [0.3, 0.4) is 0 Å². The maximum atomic E-state index is 11.7. The highest BCUT2D eigenvalue weighted by atomic mass is 35.5. The van der Waals surface area contributed by atoms with Crippen molar-refractivity contribution in [1.82, 2.24) is 10.0 Å². The van der Waals surface area contributed by atoms with Crippen LogP contribution in [0.2, 0.25) is 10.0 Å². The van der Waals surface area contributed by atoms with Gasteiger partial charge < -0.3 is 5.32 Å². The number of amides is 1. The van der Waals surface area contributed by atoms with Crippen LogP contribution >= 0.6 is 23.2 Å². The zero-order chi connectivity index (χ0) is 13.8. The van der Waals surface area contributed by atoms with Crippen molar-refractivity contribution < 1.29 is 13.2 Å². The van der Waals surface area contributed by atoms with Crippen LogP contribution in [0.1, 0.15) is 10.4 Å². The van der Waals surface area contributed by atoms with Gasteiger partial charge in [0.05, 0.1) is 6.26 Å². The summed E-state index contributed by atoms with van der Waals surface area (Å²) in [6, 6.07) is 4.48. The molecular formula is C10H12Cl2N2O3S. The van der Waals surface area contributed by atoms with E-state index < -0.39 is 10.0 Å². The highest BCUT2D eigenvalue weighted by molar-refractivity contribution is 7.88. The third-order valence-electron chi connectivity index (χ3n) is 1.90. The summed E-state index contributed by atoms with van der Waals surface area (Å²) in [4.78, 5) is 11.7. The van der Waals surface area contributed by atoms with Crippen LogP contribution in [0.4, 0.5) is 0 Å². The normalized spacial score (nSPS) is 11.3. The number of carbonyl (C=O) groups is 1. The van der Waals surface area contributed by atoms with Crippen molar-refractivity contribution in [3.63, 3.8) is 0 Å². The molecule has 0 aliphatic heterocycles. The van der Waals surface area contributed by atoms with E-state index in [9.17, 15) is 13.2 Å². The van der Waals surface area contributed by atoms with E-state index in [1.165, 1.54) is 18.2 Å². The van der Waals surface area contributed by atoms with Crippen molar-refractivity contribution in [2.24, 2.45) is 0 Å². The molecular weight excluding hydrogens is 299 g/mol. The summed E-state index contributed by atoms with van der Waals surface area (Å²) in [5.74, 6) is -0.366. The van der Waals surface area contributed by atoms with Crippen molar-refractivity contribution in [2.45, 2.75) is 0 Å². The van der Waals surface area contributed by atoms with Crippen LogP contribution in [-0.4, -0.2) is 33.7 Å². The van der Waals surface area contributed by atoms with Gasteiger partial charge in [0.1, 0.15) is 0 Å². The minimum atomic E-state index is -3.24. The summed E-state index contributed by atoms with van der Waals surface area (Å²) in [7, 11) is -3.24. The lowest BCUT2D eigenvalue weighted by Crippen LogP contribution is -2.34. The molecule has 0 aliphatic carbocycles. The van der Waals surface area contributed by atoms with Gasteiger partial charge in [-0.1, -0.05) is 23.2 Å². The van der Waals surface area contributed by atoms with Gasteiger partial charge in [0.2, 0.25) is 10.0 Å². The second kappa shape index (κ2) is 6.38. The van der Waals surface area contributed by atoms with Crippen LogP contribution in [0.15, 0.2) is 18.2 Å². The second-order valence-corrected chi connectivity index (χ2v) is 6.29. The van der Waals surface area contributed by atoms with E-state index in [2.05, 4.69) is 10.0 Å². The molecule has 0 saturated heterocycles. The third-order valence-corrected chi connectivity index (χ3v) is 3.06. The molecule has 0 aromatic heterocycles. The standard InChI is InChI=1S/C10H12Cl2N2O3S/c1-18(16,17)14-3-2-13-10(15)7-4-8(11)6-9(12)5-7/h4-6,14H,2-3H2,1H3,(H,13,15). The first kappa shape index (κ1) is 15.2. The predicted molar refractivity (Wildman–Crippen MR) is 71.6 cm³/mol. The molecule has 0 fully saturated rings. The van der Waals surface area contributed by atoms with Crippen molar-refractivity contribution in [3.05, 3.63) is 33.8 Å². The lowest BCUT2D eigenvalue weighted by molar-refractivity contribution is 0.0954. The van der Waals surface area contributed by atoms with Gasteiger partial charge >= 0.3 is 0 Å². The number of hydrogen-bond acceptors (Lipinski definition) is 3. The fourth-order valence-corrected chi connectivity index (χ4v) is 2.20. The maximum absolute atomic E-state index is 11.7. The molecule has 0 spiro atoms. The maximum Gasteiger partial charge on any atom is 0.251 e. The van der Waals surface area contributed by atoms with Gasteiger partial charge in [0.25, 0.3) is 5.91 Å². The molecule has 100 valence electrons. The smallest absolute Gasteiger partial charge is 0.251 e. The van der Waals surface area contributed by atoms with E-state index in [1.807, 2.05) is 0 Å². The Kier molecular flexibility index (Phi) is 5.40. The third kappa shape index (κ3) is 5.68. The van der Waals surface area contributed by atoms with Gasteiger partial charge in [-0.25, -0.2) is 13.1 Å². The molecule has 0 saturated carbocycles. The van der Waals surface area contributed by atoms with Crippen LogP contribution in [0.25, 0.3) is 0 Å². The van der Waals surface area contributed by atoms with Crippen molar-refractivity contribution >= 4 is 39.1 Å². The van der Waals surface area contributed by atoms with Gasteiger partial charge in [-0.3, -0.25) is 4.79 Å². The molecule has 18 heavy (non-hydrogen) atoms. The fraction of sp³-hybridized carbons (Fsp3) is 0.300. The molecule has 1 amide bonds. The number of carbonyl (C=O) groups excluding carboxylic acids is 1. The quantitative estimate of drug-likeness (QED) is 0.804. The number of rotatable bonds is 5. The monoisotopic (exact) mass is 310 g/mol. The van der Waals surface area contributed by atoms with Crippen molar-refractivity contribution in [1.29, 1.82) is 0 Å². The topological polar surface area (TPSA) is 75.3 Å². The van der Waals surface area contributed by atoms with E-state index in [0.717, 1.165) is 6.26 Å². The van der Waals surface area contributed by atoms with Crippen molar-refractivity contribution in [3.8, 4) is 0 Å². The summed E-state index contributed by atoms with van der Waals surface area (Å²) in [5, 5.41) is 3.27. The zero-order valence-electron chi connectivity index (χ0n) is 9.54. The molecule has 0 unspecified atom stereocenters. The summed E-state index contributed by atoms with van der Waals surface area (Å²) in [5.41, 5.74) is 0.326. The molecule has 5 nitrogen and oxygen atoms in total. The largest absolute Gasteiger partial charge is 0.351 e. The summed E-state index contributed by atoms with van der Waals surface area (Å²) >= 11 is 11.5. The Morgan fingerprint density at radius 1 is 1.17 bits per heavy atom. The minimum Gasteiger partial charge on any atom is -0.351 e. The molecule has 0 bridgehead atoms. The zero-order valence-corrected chi connectivity index (χ0v) is 11.9. The number of halogens is 2. The molecule has 0 aliphatic rings. The average molecular weight is 311 g/mol. The first-order valence-corrected chi connectivity index (χ1v) is 7.61. The number of benzene rings is 1. The summed E-state index contributed by atoms with van der Waals surface area (Å²) < 4.78 is 23.8. The Hall–Kier alpha value is -0.820. The highest BCUT2D eigenvalue weighted by Crippen LogP contribution is 2.18. The Morgan fingerprint density at radius 3 is 2.22 bits per heavy atom. The Morgan fingerprint density at radius 2 is 1.72 bits per heavy atom. The first-order chi connectivity index (χ1) is 8.28. The van der Waals surface area contributed by atoms with E-state index in [-0.39, 0.29) is 19.0 Å². The van der Waals surface area contributed by atoms with Crippen LogP contribution in [0.5, 0.6) is 0 Å². The van der Waals surface area contributed by atoms with E-state index in [4.69, 9.17) is 23.2 Å². The minimum absolute atomic E-state index is 0.124. The van der Waals surface area contributed by atoms with Gasteiger partial charge in [-0.2, -0.15) is 0 Å². The fourth-order valence-electron chi connectivity index (χ4n) is 1.20. The summed E-state index contributed by atoms with van der Waals surface area (Å²) in [6.07, 6.45) is 1.05. The van der Waals surface area contributed by atoms with E-state index >= 15 is 0 Å². The molecule has 1 aromatic carbocycles. The van der Waals surface area contributed by atoms with Gasteiger partial charge in [-0.15, -0.1) is 0 Å². The first-order valence-electron chi connectivity index (χ1n) is 4.97. The van der Waals surface area contributed by atoms with Gasteiger partial charge in [0.15, 0.2) is 0 Å². The molecule has 2 N–H and O–H groups in total. The number of nitrogens with one attached hydrogen (secondary N) is 2. The summed E-state index contributed by atoms with van der Waals surface area (Å²) in [6.45, 7) is 0.301. The molecule has 1 rings (SSSR count). The second-order valence-electron chi connectivity index (χ2n) is 3.58.